The van der Waals surface area contributed by atoms with E-state index in [2.05, 4.69) is 10.2 Å². The molecule has 0 bridgehead atoms. The van der Waals surface area contributed by atoms with E-state index in [0.717, 1.165) is 31.6 Å². The minimum Gasteiger partial charge on any atom is -0.373 e. The molecule has 0 aromatic heterocycles. The fourth-order valence-electron chi connectivity index (χ4n) is 2.95. The van der Waals surface area contributed by atoms with E-state index < -0.39 is 0 Å². The highest BCUT2D eigenvalue weighted by Gasteiger charge is 2.28. The zero-order valence-corrected chi connectivity index (χ0v) is 14.9. The average molecular weight is 332 g/mol. The normalized spacial score (nSPS) is 17.3. The van der Waals surface area contributed by atoms with Crippen LogP contribution in [0.1, 0.15) is 12.8 Å². The van der Waals surface area contributed by atoms with Crippen LogP contribution in [0.5, 0.6) is 0 Å². The Morgan fingerprint density at radius 3 is 2.58 bits per heavy atom. The number of carbonyl (C=O) groups is 2. The van der Waals surface area contributed by atoms with Gasteiger partial charge in [0.25, 0.3) is 0 Å². The lowest BCUT2D eigenvalue weighted by molar-refractivity contribution is -0.126. The molecule has 0 radical (unpaired) electrons. The van der Waals surface area contributed by atoms with E-state index in [1.54, 1.807) is 23.9 Å². The van der Waals surface area contributed by atoms with Crippen LogP contribution in [0.15, 0.2) is 30.3 Å². The van der Waals surface area contributed by atoms with Crippen molar-refractivity contribution in [3.05, 3.63) is 30.3 Å². The Kier molecular flexibility index (Phi) is 6.46. The molecular formula is C18H28N4O2. The van der Waals surface area contributed by atoms with Gasteiger partial charge in [0.2, 0.25) is 5.91 Å². The summed E-state index contributed by atoms with van der Waals surface area (Å²) in [6.07, 6.45) is 1.72. The van der Waals surface area contributed by atoms with Crippen molar-refractivity contribution < 1.29 is 9.59 Å². The molecule has 1 N–H and O–H groups in total. The monoisotopic (exact) mass is 332 g/mol. The first-order valence-electron chi connectivity index (χ1n) is 8.49. The molecular weight excluding hydrogens is 304 g/mol. The van der Waals surface area contributed by atoms with Crippen LogP contribution >= 0.6 is 0 Å². The number of amides is 3. The van der Waals surface area contributed by atoms with Crippen molar-refractivity contribution in [1.29, 1.82) is 0 Å². The number of carbonyl (C=O) groups excluding carboxylic acids is 2. The van der Waals surface area contributed by atoms with E-state index in [1.807, 2.05) is 37.4 Å². The van der Waals surface area contributed by atoms with Gasteiger partial charge in [-0.3, -0.25) is 4.79 Å². The molecule has 1 atom stereocenters. The summed E-state index contributed by atoms with van der Waals surface area (Å²) in [6.45, 7) is 2.60. The summed E-state index contributed by atoms with van der Waals surface area (Å²) in [7, 11) is 5.50. The first-order chi connectivity index (χ1) is 11.5. The molecule has 0 spiro atoms. The van der Waals surface area contributed by atoms with Gasteiger partial charge in [0.15, 0.2) is 0 Å². The maximum absolute atomic E-state index is 12.4. The minimum absolute atomic E-state index is 0.0173. The first kappa shape index (κ1) is 18.1. The van der Waals surface area contributed by atoms with Gasteiger partial charge in [-0.2, -0.15) is 0 Å². The highest BCUT2D eigenvalue weighted by molar-refractivity contribution is 5.80. The van der Waals surface area contributed by atoms with Crippen LogP contribution in [0.25, 0.3) is 0 Å². The molecule has 1 aromatic carbocycles. The van der Waals surface area contributed by atoms with Crippen LogP contribution in [-0.4, -0.2) is 69.1 Å². The van der Waals surface area contributed by atoms with Gasteiger partial charge in [-0.1, -0.05) is 18.2 Å². The van der Waals surface area contributed by atoms with Crippen LogP contribution in [0, 0.1) is 5.92 Å². The van der Waals surface area contributed by atoms with Crippen molar-refractivity contribution in [3.63, 3.8) is 0 Å². The average Bonchev–Trinajstić information content (AvgIpc) is 2.61. The number of hydrogen-bond acceptors (Lipinski definition) is 3. The van der Waals surface area contributed by atoms with E-state index >= 15 is 0 Å². The molecule has 2 rings (SSSR count). The Balaban J connectivity index is 1.77. The van der Waals surface area contributed by atoms with Crippen molar-refractivity contribution in [2.75, 3.05) is 52.2 Å². The number of para-hydroxylation sites is 1. The SMILES string of the molecule is CN(C)C(=O)N1CCC[C@@H](C(=O)NCCN(C)c2ccccc2)C1. The van der Waals surface area contributed by atoms with Gasteiger partial charge in [-0.25, -0.2) is 4.79 Å². The number of likely N-dealkylation sites (tertiary alicyclic amines) is 1. The number of hydrogen-bond donors (Lipinski definition) is 1. The van der Waals surface area contributed by atoms with E-state index in [9.17, 15) is 9.59 Å². The molecule has 1 fully saturated rings. The molecule has 24 heavy (non-hydrogen) atoms. The molecule has 1 aliphatic heterocycles. The largest absolute Gasteiger partial charge is 0.373 e. The van der Waals surface area contributed by atoms with Crippen molar-refractivity contribution >= 4 is 17.6 Å². The zero-order chi connectivity index (χ0) is 17.5. The van der Waals surface area contributed by atoms with E-state index in [0.29, 0.717) is 13.1 Å². The molecule has 1 aromatic rings. The standard InChI is InChI=1S/C18H28N4O2/c1-20(2)18(24)22-12-7-8-15(14-22)17(23)19-11-13-21(3)16-9-5-4-6-10-16/h4-6,9-10,15H,7-8,11-14H2,1-3H3,(H,19,23)/t15-/m1/s1. The third kappa shape index (κ3) is 4.88. The van der Waals surface area contributed by atoms with Crippen molar-refractivity contribution in [2.45, 2.75) is 12.8 Å². The van der Waals surface area contributed by atoms with Gasteiger partial charge in [-0.05, 0) is 25.0 Å². The summed E-state index contributed by atoms with van der Waals surface area (Å²) in [5.74, 6) is -0.0580. The Labute approximate surface area is 144 Å². The summed E-state index contributed by atoms with van der Waals surface area (Å²) in [5.41, 5.74) is 1.13. The van der Waals surface area contributed by atoms with Gasteiger partial charge in [0.05, 0.1) is 5.92 Å². The Morgan fingerprint density at radius 1 is 1.21 bits per heavy atom. The first-order valence-corrected chi connectivity index (χ1v) is 8.49. The minimum atomic E-state index is -0.107. The van der Waals surface area contributed by atoms with Crippen molar-refractivity contribution in [3.8, 4) is 0 Å². The molecule has 3 amide bonds. The summed E-state index contributed by atoms with van der Waals surface area (Å²) < 4.78 is 0. The zero-order valence-electron chi connectivity index (χ0n) is 14.9. The lowest BCUT2D eigenvalue weighted by Crippen LogP contribution is -2.49. The lowest BCUT2D eigenvalue weighted by atomic mass is 9.97. The van der Waals surface area contributed by atoms with E-state index in [4.69, 9.17) is 0 Å². The highest BCUT2D eigenvalue weighted by Crippen LogP contribution is 2.17. The number of benzene rings is 1. The van der Waals surface area contributed by atoms with Gasteiger partial charge in [0.1, 0.15) is 0 Å². The van der Waals surface area contributed by atoms with Gasteiger partial charge < -0.3 is 20.0 Å². The summed E-state index contributed by atoms with van der Waals surface area (Å²) in [4.78, 5) is 29.9. The molecule has 1 saturated heterocycles. The third-order valence-corrected chi connectivity index (χ3v) is 4.39. The smallest absolute Gasteiger partial charge is 0.319 e. The van der Waals surface area contributed by atoms with Crippen LogP contribution in [-0.2, 0) is 4.79 Å². The predicted octanol–water partition coefficient (Wildman–Crippen LogP) is 1.63. The second-order valence-electron chi connectivity index (χ2n) is 6.51. The van der Waals surface area contributed by atoms with Crippen LogP contribution in [0.3, 0.4) is 0 Å². The van der Waals surface area contributed by atoms with Crippen LogP contribution in [0.4, 0.5) is 10.5 Å². The molecule has 0 aliphatic carbocycles. The molecule has 132 valence electrons. The molecule has 0 unspecified atom stereocenters. The van der Waals surface area contributed by atoms with E-state index in [-0.39, 0.29) is 17.9 Å². The van der Waals surface area contributed by atoms with Crippen LogP contribution < -0.4 is 10.2 Å². The Morgan fingerprint density at radius 2 is 1.92 bits per heavy atom. The molecule has 1 aliphatic rings. The second-order valence-corrected chi connectivity index (χ2v) is 6.51. The van der Waals surface area contributed by atoms with Gasteiger partial charge in [0, 0.05) is 53.0 Å². The fraction of sp³-hybridized carbons (Fsp3) is 0.556. The molecule has 0 saturated carbocycles. The molecule has 6 nitrogen and oxygen atoms in total. The van der Waals surface area contributed by atoms with Crippen molar-refractivity contribution in [2.24, 2.45) is 5.92 Å². The third-order valence-electron chi connectivity index (χ3n) is 4.39. The number of anilines is 1. The number of urea groups is 1. The highest BCUT2D eigenvalue weighted by atomic mass is 16.2. The number of piperidine rings is 1. The maximum atomic E-state index is 12.4. The maximum Gasteiger partial charge on any atom is 0.319 e. The number of rotatable bonds is 5. The van der Waals surface area contributed by atoms with E-state index in [1.165, 1.54) is 0 Å². The molecule has 6 heteroatoms. The second kappa shape index (κ2) is 8.57. The van der Waals surface area contributed by atoms with Gasteiger partial charge >= 0.3 is 6.03 Å². The molecule has 1 heterocycles. The fourth-order valence-corrected chi connectivity index (χ4v) is 2.95. The quantitative estimate of drug-likeness (QED) is 0.892. The summed E-state index contributed by atoms with van der Waals surface area (Å²) in [6, 6.07) is 10.1. The summed E-state index contributed by atoms with van der Waals surface area (Å²) >= 11 is 0. The number of nitrogens with zero attached hydrogens (tertiary/aromatic N) is 3. The predicted molar refractivity (Wildman–Crippen MR) is 96.1 cm³/mol. The Bertz CT molecular complexity index is 547. The van der Waals surface area contributed by atoms with Gasteiger partial charge in [-0.15, -0.1) is 0 Å². The number of likely N-dealkylation sites (N-methyl/N-ethyl adjacent to an activating group) is 1. The number of nitrogens with one attached hydrogen (secondary N) is 1. The topological polar surface area (TPSA) is 55.9 Å². The van der Waals surface area contributed by atoms with Crippen LogP contribution in [0.2, 0.25) is 0 Å². The lowest BCUT2D eigenvalue weighted by Gasteiger charge is -2.33. The van der Waals surface area contributed by atoms with Crippen molar-refractivity contribution in [1.82, 2.24) is 15.1 Å². The Hall–Kier alpha value is -2.24. The summed E-state index contributed by atoms with van der Waals surface area (Å²) in [5, 5.41) is 3.01.